The number of sulfonamides is 1. The Kier molecular flexibility index (Phi) is 5.92. The third-order valence-corrected chi connectivity index (χ3v) is 6.11. The van der Waals surface area contributed by atoms with E-state index in [2.05, 4.69) is 5.32 Å². The molecule has 1 fully saturated rings. The molecule has 0 radical (unpaired) electrons. The predicted octanol–water partition coefficient (Wildman–Crippen LogP) is 2.25. The van der Waals surface area contributed by atoms with E-state index < -0.39 is 27.6 Å². The van der Waals surface area contributed by atoms with Crippen molar-refractivity contribution in [2.75, 3.05) is 38.7 Å². The Hall–Kier alpha value is -2.56. The summed E-state index contributed by atoms with van der Waals surface area (Å²) < 4.78 is 63.8. The van der Waals surface area contributed by atoms with Gasteiger partial charge < -0.3 is 14.8 Å². The van der Waals surface area contributed by atoms with Crippen LogP contribution in [0.4, 0.5) is 14.5 Å². The number of anilines is 1. The molecule has 10 heteroatoms. The second-order valence-electron chi connectivity index (χ2n) is 5.97. The molecule has 150 valence electrons. The highest BCUT2D eigenvalue weighted by Crippen LogP contribution is 2.29. The SMILES string of the molecule is COc1ccc(C(=O)Nc2ccc(F)c(F)c2)cc1S(=O)(=O)N1CCOCC1. The maximum atomic E-state index is 13.3. The first-order valence-electron chi connectivity index (χ1n) is 8.35. The summed E-state index contributed by atoms with van der Waals surface area (Å²) >= 11 is 0. The van der Waals surface area contributed by atoms with E-state index in [4.69, 9.17) is 9.47 Å². The van der Waals surface area contributed by atoms with E-state index in [-0.39, 0.29) is 48.2 Å². The molecule has 2 aromatic carbocycles. The van der Waals surface area contributed by atoms with Crippen LogP contribution in [0.15, 0.2) is 41.3 Å². The maximum absolute atomic E-state index is 13.3. The maximum Gasteiger partial charge on any atom is 0.255 e. The van der Waals surface area contributed by atoms with E-state index in [1.165, 1.54) is 35.7 Å². The lowest BCUT2D eigenvalue weighted by Crippen LogP contribution is -2.40. The monoisotopic (exact) mass is 412 g/mol. The minimum atomic E-state index is -3.91. The molecule has 0 unspecified atom stereocenters. The number of halogens is 2. The molecule has 0 bridgehead atoms. The van der Waals surface area contributed by atoms with Crippen LogP contribution in [-0.4, -0.2) is 52.0 Å². The average Bonchev–Trinajstić information content (AvgIpc) is 2.71. The third kappa shape index (κ3) is 4.13. The van der Waals surface area contributed by atoms with Crippen LogP contribution in [0.2, 0.25) is 0 Å². The number of nitrogens with one attached hydrogen (secondary N) is 1. The Morgan fingerprint density at radius 3 is 2.46 bits per heavy atom. The van der Waals surface area contributed by atoms with Crippen LogP contribution in [0, 0.1) is 11.6 Å². The highest BCUT2D eigenvalue weighted by Gasteiger charge is 2.30. The van der Waals surface area contributed by atoms with Gasteiger partial charge in [0.1, 0.15) is 10.6 Å². The average molecular weight is 412 g/mol. The lowest BCUT2D eigenvalue weighted by atomic mass is 10.2. The van der Waals surface area contributed by atoms with Crippen molar-refractivity contribution < 1.29 is 31.5 Å². The molecule has 1 aliphatic rings. The molecule has 0 aliphatic carbocycles. The molecular formula is C18H18F2N2O5S. The highest BCUT2D eigenvalue weighted by molar-refractivity contribution is 7.89. The van der Waals surface area contributed by atoms with Gasteiger partial charge in [0.2, 0.25) is 10.0 Å². The van der Waals surface area contributed by atoms with Gasteiger partial charge in [-0.1, -0.05) is 0 Å². The largest absolute Gasteiger partial charge is 0.495 e. The highest BCUT2D eigenvalue weighted by atomic mass is 32.2. The van der Waals surface area contributed by atoms with Crippen LogP contribution in [0.25, 0.3) is 0 Å². The zero-order valence-corrected chi connectivity index (χ0v) is 15.8. The second kappa shape index (κ2) is 8.21. The number of morpholine rings is 1. The van der Waals surface area contributed by atoms with Gasteiger partial charge in [-0.3, -0.25) is 4.79 Å². The van der Waals surface area contributed by atoms with Crippen LogP contribution in [0.3, 0.4) is 0 Å². The van der Waals surface area contributed by atoms with E-state index in [0.29, 0.717) is 0 Å². The fraction of sp³-hybridized carbons (Fsp3) is 0.278. The van der Waals surface area contributed by atoms with Crippen molar-refractivity contribution in [3.8, 4) is 5.75 Å². The van der Waals surface area contributed by atoms with Crippen molar-refractivity contribution in [3.05, 3.63) is 53.6 Å². The van der Waals surface area contributed by atoms with Crippen molar-refractivity contribution in [2.24, 2.45) is 0 Å². The summed E-state index contributed by atoms with van der Waals surface area (Å²) in [6.07, 6.45) is 0. The summed E-state index contributed by atoms with van der Waals surface area (Å²) in [4.78, 5) is 12.3. The first-order valence-corrected chi connectivity index (χ1v) is 9.79. The second-order valence-corrected chi connectivity index (χ2v) is 7.87. The van der Waals surface area contributed by atoms with Gasteiger partial charge in [-0.05, 0) is 30.3 Å². The summed E-state index contributed by atoms with van der Waals surface area (Å²) in [7, 11) is -2.58. The number of carbonyl (C=O) groups excluding carboxylic acids is 1. The van der Waals surface area contributed by atoms with Crippen molar-refractivity contribution in [1.82, 2.24) is 4.31 Å². The fourth-order valence-corrected chi connectivity index (χ4v) is 4.31. The van der Waals surface area contributed by atoms with Gasteiger partial charge in [0.25, 0.3) is 5.91 Å². The molecule has 1 saturated heterocycles. The van der Waals surface area contributed by atoms with Crippen LogP contribution in [0.1, 0.15) is 10.4 Å². The number of rotatable bonds is 5. The Balaban J connectivity index is 1.91. The third-order valence-electron chi connectivity index (χ3n) is 4.19. The predicted molar refractivity (Wildman–Crippen MR) is 96.9 cm³/mol. The number of hydrogen-bond acceptors (Lipinski definition) is 5. The lowest BCUT2D eigenvalue weighted by Gasteiger charge is -2.26. The van der Waals surface area contributed by atoms with Crippen molar-refractivity contribution in [1.29, 1.82) is 0 Å². The van der Waals surface area contributed by atoms with Crippen LogP contribution < -0.4 is 10.1 Å². The Morgan fingerprint density at radius 1 is 1.11 bits per heavy atom. The van der Waals surface area contributed by atoms with Crippen molar-refractivity contribution in [3.63, 3.8) is 0 Å². The van der Waals surface area contributed by atoms with Crippen molar-refractivity contribution in [2.45, 2.75) is 4.90 Å². The van der Waals surface area contributed by atoms with Gasteiger partial charge in [0, 0.05) is 30.4 Å². The van der Waals surface area contributed by atoms with Gasteiger partial charge in [-0.25, -0.2) is 17.2 Å². The minimum Gasteiger partial charge on any atom is -0.495 e. The summed E-state index contributed by atoms with van der Waals surface area (Å²) in [5.41, 5.74) is 0.0645. The van der Waals surface area contributed by atoms with Crippen LogP contribution >= 0.6 is 0 Å². The molecular weight excluding hydrogens is 394 g/mol. The fourth-order valence-electron chi connectivity index (χ4n) is 2.72. The Morgan fingerprint density at radius 2 is 1.82 bits per heavy atom. The zero-order chi connectivity index (χ0) is 20.3. The van der Waals surface area contributed by atoms with E-state index in [1.54, 1.807) is 0 Å². The summed E-state index contributed by atoms with van der Waals surface area (Å²) in [5, 5.41) is 2.41. The molecule has 0 aromatic heterocycles. The number of benzene rings is 2. The number of hydrogen-bond donors (Lipinski definition) is 1. The number of ether oxygens (including phenoxy) is 2. The van der Waals surface area contributed by atoms with Gasteiger partial charge in [-0.2, -0.15) is 4.31 Å². The minimum absolute atomic E-state index is 0.0253. The van der Waals surface area contributed by atoms with Gasteiger partial charge >= 0.3 is 0 Å². The molecule has 1 N–H and O–H groups in total. The van der Waals surface area contributed by atoms with Crippen LogP contribution in [0.5, 0.6) is 5.75 Å². The van der Waals surface area contributed by atoms with Crippen molar-refractivity contribution >= 4 is 21.6 Å². The molecule has 0 spiro atoms. The topological polar surface area (TPSA) is 84.9 Å². The number of amides is 1. The molecule has 1 aliphatic heterocycles. The molecule has 1 amide bonds. The molecule has 1 heterocycles. The normalized spacial score (nSPS) is 15.2. The first-order chi connectivity index (χ1) is 13.3. The number of methoxy groups -OCH3 is 1. The van der Waals surface area contributed by atoms with Gasteiger partial charge in [-0.15, -0.1) is 0 Å². The molecule has 3 rings (SSSR count). The molecule has 0 saturated carbocycles. The van der Waals surface area contributed by atoms with E-state index in [9.17, 15) is 22.0 Å². The zero-order valence-electron chi connectivity index (χ0n) is 14.9. The molecule has 0 atom stereocenters. The standard InChI is InChI=1S/C18H18F2N2O5S/c1-26-16-5-2-12(18(23)21-13-3-4-14(19)15(20)11-13)10-17(16)28(24,25)22-6-8-27-9-7-22/h2-5,10-11H,6-9H2,1H3,(H,21,23). The first kappa shape index (κ1) is 20.2. The summed E-state index contributed by atoms with van der Waals surface area (Å²) in [5.74, 6) is -2.73. The quantitative estimate of drug-likeness (QED) is 0.814. The van der Waals surface area contributed by atoms with E-state index in [1.807, 2.05) is 0 Å². The Labute approximate surface area is 160 Å². The summed E-state index contributed by atoms with van der Waals surface area (Å²) in [6.45, 7) is 0.934. The Bertz CT molecular complexity index is 991. The lowest BCUT2D eigenvalue weighted by molar-refractivity contribution is 0.0729. The number of carbonyl (C=O) groups is 1. The smallest absolute Gasteiger partial charge is 0.255 e. The van der Waals surface area contributed by atoms with Gasteiger partial charge in [0.15, 0.2) is 11.6 Å². The molecule has 2 aromatic rings. The van der Waals surface area contributed by atoms with E-state index >= 15 is 0 Å². The molecule has 7 nitrogen and oxygen atoms in total. The van der Waals surface area contributed by atoms with E-state index in [0.717, 1.165) is 12.1 Å². The molecule has 28 heavy (non-hydrogen) atoms. The van der Waals surface area contributed by atoms with Crippen LogP contribution in [-0.2, 0) is 14.8 Å². The summed E-state index contributed by atoms with van der Waals surface area (Å²) in [6, 6.07) is 6.86. The number of nitrogens with zero attached hydrogens (tertiary/aromatic N) is 1. The van der Waals surface area contributed by atoms with Gasteiger partial charge in [0.05, 0.1) is 20.3 Å².